The predicted octanol–water partition coefficient (Wildman–Crippen LogP) is 4.33. The molecule has 0 saturated carbocycles. The van der Waals surface area contributed by atoms with E-state index in [0.29, 0.717) is 48.8 Å². The van der Waals surface area contributed by atoms with Gasteiger partial charge < -0.3 is 20.1 Å². The number of halogens is 2. The number of anilines is 4. The number of hydrazone groups is 1. The monoisotopic (exact) mass is 517 g/mol. The fourth-order valence-electron chi connectivity index (χ4n) is 3.01. The highest BCUT2D eigenvalue weighted by atomic mass is 79.9. The average molecular weight is 519 g/mol. The van der Waals surface area contributed by atoms with Crippen LogP contribution in [0.2, 0.25) is 5.02 Å². The molecule has 166 valence electrons. The third kappa shape index (κ3) is 5.64. The highest BCUT2D eigenvalue weighted by molar-refractivity contribution is 9.10. The molecule has 0 atom stereocenters. The van der Waals surface area contributed by atoms with Gasteiger partial charge in [0.1, 0.15) is 5.75 Å². The van der Waals surface area contributed by atoms with Crippen molar-refractivity contribution < 1.29 is 9.84 Å². The van der Waals surface area contributed by atoms with Gasteiger partial charge in [0, 0.05) is 28.1 Å². The van der Waals surface area contributed by atoms with E-state index in [9.17, 15) is 5.11 Å². The topological polar surface area (TPSA) is 108 Å². The maximum absolute atomic E-state index is 9.95. The molecule has 0 bridgehead atoms. The summed E-state index contributed by atoms with van der Waals surface area (Å²) in [5.74, 6) is 1.20. The average Bonchev–Trinajstić information content (AvgIpc) is 2.78. The second-order valence-corrected chi connectivity index (χ2v) is 8.35. The fourth-order valence-corrected chi connectivity index (χ4v) is 3.78. The number of phenols is 1. The summed E-state index contributed by atoms with van der Waals surface area (Å²) in [6.07, 6.45) is 1.45. The number of hydrogen-bond acceptors (Lipinski definition) is 9. The number of nitrogens with zero attached hydrogens (tertiary/aromatic N) is 5. The van der Waals surface area contributed by atoms with Crippen molar-refractivity contribution in [1.29, 1.82) is 0 Å². The molecule has 3 N–H and O–H groups in total. The van der Waals surface area contributed by atoms with Gasteiger partial charge in [-0.05, 0) is 58.7 Å². The van der Waals surface area contributed by atoms with Crippen LogP contribution < -0.4 is 15.6 Å². The Kier molecular flexibility index (Phi) is 7.03. The van der Waals surface area contributed by atoms with E-state index in [4.69, 9.17) is 16.3 Å². The van der Waals surface area contributed by atoms with E-state index in [-0.39, 0.29) is 11.7 Å². The van der Waals surface area contributed by atoms with Gasteiger partial charge in [0.2, 0.25) is 17.8 Å². The molecule has 1 saturated heterocycles. The minimum absolute atomic E-state index is 0.0659. The summed E-state index contributed by atoms with van der Waals surface area (Å²) in [6.45, 7) is 4.58. The Morgan fingerprint density at radius 3 is 2.69 bits per heavy atom. The second kappa shape index (κ2) is 10.1. The van der Waals surface area contributed by atoms with E-state index < -0.39 is 0 Å². The van der Waals surface area contributed by atoms with Crippen LogP contribution in [-0.2, 0) is 4.74 Å². The van der Waals surface area contributed by atoms with Crippen molar-refractivity contribution in [2.45, 2.75) is 6.92 Å². The van der Waals surface area contributed by atoms with Crippen molar-refractivity contribution in [3.8, 4) is 5.75 Å². The van der Waals surface area contributed by atoms with Gasteiger partial charge in [-0.3, -0.25) is 0 Å². The Labute approximate surface area is 198 Å². The number of aryl methyl sites for hydroxylation is 1. The Morgan fingerprint density at radius 1 is 1.12 bits per heavy atom. The smallest absolute Gasteiger partial charge is 0.250 e. The van der Waals surface area contributed by atoms with Crippen LogP contribution in [0.5, 0.6) is 5.75 Å². The highest BCUT2D eigenvalue weighted by Crippen LogP contribution is 2.27. The van der Waals surface area contributed by atoms with E-state index in [1.807, 2.05) is 30.0 Å². The van der Waals surface area contributed by atoms with Crippen LogP contribution in [-0.4, -0.2) is 52.6 Å². The molecule has 2 aromatic carbocycles. The first-order valence-corrected chi connectivity index (χ1v) is 11.0. The van der Waals surface area contributed by atoms with Gasteiger partial charge in [-0.25, -0.2) is 5.43 Å². The van der Waals surface area contributed by atoms with Gasteiger partial charge in [0.05, 0.1) is 25.1 Å². The lowest BCUT2D eigenvalue weighted by molar-refractivity contribution is 0.122. The van der Waals surface area contributed by atoms with Crippen molar-refractivity contribution in [2.24, 2.45) is 5.10 Å². The number of benzene rings is 2. The third-order valence-electron chi connectivity index (χ3n) is 4.65. The van der Waals surface area contributed by atoms with Gasteiger partial charge in [-0.2, -0.15) is 20.1 Å². The molecule has 0 radical (unpaired) electrons. The standard InChI is InChI=1S/C21H21BrClN7O2/c1-13-2-4-17(16(22)10-13)25-19-26-20(28-21(27-19)30-6-8-32-9-7-30)29-24-12-14-11-15(23)3-5-18(14)31/h2-5,10-12,31H,6-9H2,1H3,(H2,25,26,27,28,29)/b24-12-. The van der Waals surface area contributed by atoms with Crippen LogP contribution in [0.3, 0.4) is 0 Å². The summed E-state index contributed by atoms with van der Waals surface area (Å²) >= 11 is 9.55. The van der Waals surface area contributed by atoms with Crippen LogP contribution in [0.1, 0.15) is 11.1 Å². The first-order chi connectivity index (χ1) is 15.5. The molecule has 1 aliphatic heterocycles. The lowest BCUT2D eigenvalue weighted by Gasteiger charge is -2.27. The molecule has 1 aliphatic rings. The first-order valence-electron chi connectivity index (χ1n) is 9.87. The van der Waals surface area contributed by atoms with Crippen LogP contribution in [0.4, 0.5) is 23.5 Å². The zero-order valence-electron chi connectivity index (χ0n) is 17.2. The number of aromatic hydroxyl groups is 1. The molecule has 4 rings (SSSR count). The molecule has 1 aromatic heterocycles. The zero-order valence-corrected chi connectivity index (χ0v) is 19.6. The summed E-state index contributed by atoms with van der Waals surface area (Å²) in [4.78, 5) is 15.5. The minimum Gasteiger partial charge on any atom is -0.507 e. The van der Waals surface area contributed by atoms with Crippen molar-refractivity contribution >= 4 is 57.3 Å². The van der Waals surface area contributed by atoms with Crippen LogP contribution >= 0.6 is 27.5 Å². The molecule has 32 heavy (non-hydrogen) atoms. The van der Waals surface area contributed by atoms with Crippen molar-refractivity contribution in [2.75, 3.05) is 41.9 Å². The molecular formula is C21H21BrClN7O2. The summed E-state index contributed by atoms with van der Waals surface area (Å²) in [6, 6.07) is 10.7. The maximum atomic E-state index is 9.95. The van der Waals surface area contributed by atoms with Gasteiger partial charge in [-0.1, -0.05) is 17.7 Å². The third-order valence-corrected chi connectivity index (χ3v) is 5.54. The molecule has 11 heteroatoms. The Bertz CT molecular complexity index is 1140. The van der Waals surface area contributed by atoms with Gasteiger partial charge in [-0.15, -0.1) is 0 Å². The van der Waals surface area contributed by atoms with E-state index >= 15 is 0 Å². The van der Waals surface area contributed by atoms with Crippen LogP contribution in [0.25, 0.3) is 0 Å². The molecule has 1 fully saturated rings. The van der Waals surface area contributed by atoms with E-state index in [1.54, 1.807) is 12.1 Å². The largest absolute Gasteiger partial charge is 0.507 e. The fraction of sp³-hybridized carbons (Fsp3) is 0.238. The number of ether oxygens (including phenoxy) is 1. The SMILES string of the molecule is Cc1ccc(Nc2nc(N/N=C\c3cc(Cl)ccc3O)nc(N3CCOCC3)n2)c(Br)c1. The quantitative estimate of drug-likeness (QED) is 0.327. The number of phenolic OH excluding ortho intramolecular Hbond substituents is 1. The maximum Gasteiger partial charge on any atom is 0.250 e. The number of hydrogen-bond donors (Lipinski definition) is 3. The Morgan fingerprint density at radius 2 is 1.91 bits per heavy atom. The molecule has 3 aromatic rings. The van der Waals surface area contributed by atoms with E-state index in [1.165, 1.54) is 12.3 Å². The summed E-state index contributed by atoms with van der Waals surface area (Å²) < 4.78 is 6.33. The van der Waals surface area contributed by atoms with Gasteiger partial charge in [0.15, 0.2) is 0 Å². The molecule has 9 nitrogen and oxygen atoms in total. The minimum atomic E-state index is 0.0659. The molecule has 0 unspecified atom stereocenters. The summed E-state index contributed by atoms with van der Waals surface area (Å²) in [7, 11) is 0. The number of nitrogens with one attached hydrogen (secondary N) is 2. The highest BCUT2D eigenvalue weighted by Gasteiger charge is 2.17. The Balaban J connectivity index is 1.60. The number of aromatic nitrogens is 3. The normalized spacial score (nSPS) is 14.0. The molecule has 0 aliphatic carbocycles. The van der Waals surface area contributed by atoms with Crippen molar-refractivity contribution in [1.82, 2.24) is 15.0 Å². The lowest BCUT2D eigenvalue weighted by atomic mass is 10.2. The van der Waals surface area contributed by atoms with Crippen LogP contribution in [0, 0.1) is 6.92 Å². The number of morpholine rings is 1. The van der Waals surface area contributed by atoms with Gasteiger partial charge >= 0.3 is 0 Å². The molecule has 0 amide bonds. The van der Waals surface area contributed by atoms with Crippen molar-refractivity contribution in [3.63, 3.8) is 0 Å². The zero-order chi connectivity index (χ0) is 22.5. The van der Waals surface area contributed by atoms with E-state index in [0.717, 1.165) is 15.7 Å². The summed E-state index contributed by atoms with van der Waals surface area (Å²) in [5.41, 5.74) is 5.24. The molecular weight excluding hydrogens is 498 g/mol. The van der Waals surface area contributed by atoms with Crippen molar-refractivity contribution in [3.05, 3.63) is 57.0 Å². The Hall–Kier alpha value is -2.95. The summed E-state index contributed by atoms with van der Waals surface area (Å²) in [5, 5.41) is 17.8. The molecule has 0 spiro atoms. The van der Waals surface area contributed by atoms with Crippen LogP contribution in [0.15, 0.2) is 46.0 Å². The lowest BCUT2D eigenvalue weighted by Crippen LogP contribution is -2.37. The predicted molar refractivity (Wildman–Crippen MR) is 129 cm³/mol. The number of rotatable bonds is 6. The first kappa shape index (κ1) is 22.3. The van der Waals surface area contributed by atoms with E-state index in [2.05, 4.69) is 46.7 Å². The van der Waals surface area contributed by atoms with Gasteiger partial charge in [0.25, 0.3) is 0 Å². The molecule has 2 heterocycles. The second-order valence-electron chi connectivity index (χ2n) is 7.06.